The molecule has 1 atom stereocenters. The normalized spacial score (nSPS) is 14.3. The fourth-order valence-corrected chi connectivity index (χ4v) is 2.14. The van der Waals surface area contributed by atoms with E-state index in [1.54, 1.807) is 0 Å². The van der Waals surface area contributed by atoms with Gasteiger partial charge >= 0.3 is 12.1 Å². The number of methoxy groups -OCH3 is 1. The Bertz CT molecular complexity index is 449. The van der Waals surface area contributed by atoms with Gasteiger partial charge in [-0.25, -0.2) is 0 Å². The van der Waals surface area contributed by atoms with Gasteiger partial charge in [0, 0.05) is 0 Å². The van der Waals surface area contributed by atoms with Crippen LogP contribution in [0.3, 0.4) is 0 Å². The molecule has 0 heterocycles. The van der Waals surface area contributed by atoms with Gasteiger partial charge in [-0.2, -0.15) is 22.0 Å². The second kappa shape index (κ2) is 5.62. The van der Waals surface area contributed by atoms with Crippen molar-refractivity contribution >= 4 is 15.9 Å². The molecule has 0 amide bonds. The molecule has 0 saturated heterocycles. The van der Waals surface area contributed by atoms with Crippen molar-refractivity contribution in [1.29, 1.82) is 0 Å². The molecule has 0 saturated carbocycles. The van der Waals surface area contributed by atoms with Gasteiger partial charge in [0.2, 0.25) is 0 Å². The third-order valence-corrected chi connectivity index (χ3v) is 3.16. The zero-order valence-electron chi connectivity index (χ0n) is 9.99. The van der Waals surface area contributed by atoms with E-state index in [0.717, 1.165) is 13.1 Å². The second-order valence-corrected chi connectivity index (χ2v) is 4.59. The minimum Gasteiger partial charge on any atom is -0.496 e. The number of hydrogen-bond donors (Lipinski definition) is 1. The standard InChI is InChI=1S/C11H11BrF5NO/c1-18-9(10(13,14)11(15,16)17)6-3-4-8(19-2)7(12)5-6/h3-5,9,18H,1-2H3. The summed E-state index contributed by atoms with van der Waals surface area (Å²) in [5, 5.41) is 2.00. The lowest BCUT2D eigenvalue weighted by Gasteiger charge is -2.28. The van der Waals surface area contributed by atoms with Crippen molar-refractivity contribution < 1.29 is 26.7 Å². The monoisotopic (exact) mass is 347 g/mol. The summed E-state index contributed by atoms with van der Waals surface area (Å²) >= 11 is 3.04. The van der Waals surface area contributed by atoms with Gasteiger partial charge in [-0.1, -0.05) is 6.07 Å². The van der Waals surface area contributed by atoms with Crippen LogP contribution in [0.4, 0.5) is 22.0 Å². The first-order chi connectivity index (χ1) is 8.65. The van der Waals surface area contributed by atoms with Crippen molar-refractivity contribution in [2.75, 3.05) is 14.2 Å². The molecule has 2 nitrogen and oxygen atoms in total. The quantitative estimate of drug-likeness (QED) is 0.833. The lowest BCUT2D eigenvalue weighted by Crippen LogP contribution is -2.47. The van der Waals surface area contributed by atoms with Crippen LogP contribution in [0, 0.1) is 0 Å². The van der Waals surface area contributed by atoms with Gasteiger partial charge in [-0.15, -0.1) is 0 Å². The van der Waals surface area contributed by atoms with Crippen molar-refractivity contribution in [3.05, 3.63) is 28.2 Å². The van der Waals surface area contributed by atoms with Crippen LogP contribution in [0.5, 0.6) is 5.75 Å². The lowest BCUT2D eigenvalue weighted by molar-refractivity contribution is -0.293. The number of benzene rings is 1. The Morgan fingerprint density at radius 1 is 1.21 bits per heavy atom. The molecular weight excluding hydrogens is 337 g/mol. The van der Waals surface area contributed by atoms with Crippen LogP contribution in [0.2, 0.25) is 0 Å². The first-order valence-corrected chi connectivity index (χ1v) is 5.89. The zero-order valence-corrected chi connectivity index (χ0v) is 11.6. The van der Waals surface area contributed by atoms with E-state index in [1.807, 2.05) is 5.32 Å². The topological polar surface area (TPSA) is 21.3 Å². The number of alkyl halides is 5. The summed E-state index contributed by atoms with van der Waals surface area (Å²) in [7, 11) is 2.40. The Balaban J connectivity index is 3.21. The molecule has 1 aromatic carbocycles. The number of nitrogens with one attached hydrogen (secondary N) is 1. The molecule has 108 valence electrons. The Morgan fingerprint density at radius 2 is 1.79 bits per heavy atom. The summed E-state index contributed by atoms with van der Waals surface area (Å²) < 4.78 is 69.0. The van der Waals surface area contributed by atoms with Gasteiger partial charge in [0.15, 0.2) is 0 Å². The van der Waals surface area contributed by atoms with Crippen LogP contribution >= 0.6 is 15.9 Å². The van der Waals surface area contributed by atoms with Crippen molar-refractivity contribution in [1.82, 2.24) is 5.32 Å². The van der Waals surface area contributed by atoms with E-state index >= 15 is 0 Å². The van der Waals surface area contributed by atoms with Gasteiger partial charge in [-0.05, 0) is 40.7 Å². The largest absolute Gasteiger partial charge is 0.496 e. The molecule has 0 aliphatic rings. The van der Waals surface area contributed by atoms with Gasteiger partial charge < -0.3 is 10.1 Å². The van der Waals surface area contributed by atoms with Gasteiger partial charge in [-0.3, -0.25) is 0 Å². The molecule has 19 heavy (non-hydrogen) atoms. The molecule has 0 radical (unpaired) electrons. The van der Waals surface area contributed by atoms with E-state index < -0.39 is 18.1 Å². The summed E-state index contributed by atoms with van der Waals surface area (Å²) in [5.74, 6) is -4.54. The predicted octanol–water partition coefficient (Wildman–Crippen LogP) is 3.92. The van der Waals surface area contributed by atoms with Crippen LogP contribution in [-0.2, 0) is 0 Å². The Labute approximate surface area is 115 Å². The highest BCUT2D eigenvalue weighted by atomic mass is 79.9. The lowest BCUT2D eigenvalue weighted by atomic mass is 10.00. The molecule has 0 aromatic heterocycles. The summed E-state index contributed by atoms with van der Waals surface area (Å²) in [6.45, 7) is 0. The Morgan fingerprint density at radius 3 is 2.16 bits per heavy atom. The number of hydrogen-bond acceptors (Lipinski definition) is 2. The molecule has 8 heteroatoms. The molecule has 0 aliphatic carbocycles. The van der Waals surface area contributed by atoms with E-state index in [2.05, 4.69) is 15.9 Å². The summed E-state index contributed by atoms with van der Waals surface area (Å²) in [6, 6.07) is 1.47. The smallest absolute Gasteiger partial charge is 0.455 e. The van der Waals surface area contributed by atoms with Crippen LogP contribution in [0.15, 0.2) is 22.7 Å². The molecule has 0 fully saturated rings. The summed E-state index contributed by atoms with van der Waals surface area (Å²) in [6.07, 6.45) is -5.63. The second-order valence-electron chi connectivity index (χ2n) is 3.74. The summed E-state index contributed by atoms with van der Waals surface area (Å²) in [4.78, 5) is 0. The third-order valence-electron chi connectivity index (χ3n) is 2.54. The van der Waals surface area contributed by atoms with Crippen molar-refractivity contribution in [2.45, 2.75) is 18.1 Å². The predicted molar refractivity (Wildman–Crippen MR) is 63.5 cm³/mol. The third kappa shape index (κ3) is 3.17. The average Bonchev–Trinajstić information content (AvgIpc) is 2.28. The zero-order chi connectivity index (χ0) is 14.8. The van der Waals surface area contributed by atoms with E-state index in [4.69, 9.17) is 4.74 Å². The van der Waals surface area contributed by atoms with Crippen molar-refractivity contribution in [2.24, 2.45) is 0 Å². The van der Waals surface area contributed by atoms with Gasteiger partial charge in [0.05, 0.1) is 11.6 Å². The molecule has 0 aliphatic heterocycles. The number of ether oxygens (including phenoxy) is 1. The first-order valence-electron chi connectivity index (χ1n) is 5.10. The fraction of sp³-hybridized carbons (Fsp3) is 0.455. The molecular formula is C11H11BrF5NO. The minimum atomic E-state index is -5.63. The SMILES string of the molecule is CNC(c1ccc(OC)c(Br)c1)C(F)(F)C(F)(F)F. The Kier molecular flexibility index (Phi) is 4.78. The maximum atomic E-state index is 13.4. The van der Waals surface area contributed by atoms with Crippen molar-refractivity contribution in [3.8, 4) is 5.75 Å². The molecule has 1 N–H and O–H groups in total. The van der Waals surface area contributed by atoms with Crippen LogP contribution < -0.4 is 10.1 Å². The van der Waals surface area contributed by atoms with Gasteiger partial charge in [0.25, 0.3) is 0 Å². The summed E-state index contributed by atoms with van der Waals surface area (Å²) in [5.41, 5.74) is -0.197. The Hall–Kier alpha value is -0.890. The molecule has 1 rings (SSSR count). The van der Waals surface area contributed by atoms with E-state index in [9.17, 15) is 22.0 Å². The van der Waals surface area contributed by atoms with Crippen LogP contribution in [0.1, 0.15) is 11.6 Å². The van der Waals surface area contributed by atoms with Crippen molar-refractivity contribution in [3.63, 3.8) is 0 Å². The maximum absolute atomic E-state index is 13.4. The van der Waals surface area contributed by atoms with Crippen LogP contribution in [-0.4, -0.2) is 26.3 Å². The molecule has 1 aromatic rings. The van der Waals surface area contributed by atoms with E-state index in [-0.39, 0.29) is 5.56 Å². The number of halogens is 6. The highest BCUT2D eigenvalue weighted by Gasteiger charge is 2.62. The molecule has 1 unspecified atom stereocenters. The highest BCUT2D eigenvalue weighted by Crippen LogP contribution is 2.45. The maximum Gasteiger partial charge on any atom is 0.455 e. The van der Waals surface area contributed by atoms with Gasteiger partial charge in [0.1, 0.15) is 11.8 Å². The highest BCUT2D eigenvalue weighted by molar-refractivity contribution is 9.10. The number of rotatable bonds is 4. The molecule has 0 spiro atoms. The average molecular weight is 348 g/mol. The fourth-order valence-electron chi connectivity index (χ4n) is 1.58. The van der Waals surface area contributed by atoms with E-state index in [1.165, 1.54) is 19.2 Å². The van der Waals surface area contributed by atoms with E-state index in [0.29, 0.717) is 10.2 Å². The first kappa shape index (κ1) is 16.2. The van der Waals surface area contributed by atoms with Crippen LogP contribution in [0.25, 0.3) is 0 Å². The molecule has 0 bridgehead atoms. The minimum absolute atomic E-state index is 0.197.